The number of hydrogen-bond donors (Lipinski definition) is 0. The van der Waals surface area contributed by atoms with Gasteiger partial charge in [-0.25, -0.2) is 0 Å². The topological polar surface area (TPSA) is 40.6 Å². The molecular weight excluding hydrogens is 353 g/mol. The fourth-order valence-electron chi connectivity index (χ4n) is 2.10. The van der Waals surface area contributed by atoms with Gasteiger partial charge in [0.1, 0.15) is 0 Å². The number of piperazine rings is 1. The smallest absolute Gasteiger partial charge is 0.335 e. The zero-order chi connectivity index (χ0) is 15.6. The molecular formula is C13H12BrF3N2O2. The number of carbonyl (C=O) groups is 2. The van der Waals surface area contributed by atoms with Crippen molar-refractivity contribution in [3.05, 3.63) is 34.3 Å². The predicted octanol–water partition coefficient (Wildman–Crippen LogP) is 2.30. The number of rotatable bonds is 1. The lowest BCUT2D eigenvalue weighted by atomic mass is 10.2. The Kier molecular flexibility index (Phi) is 4.55. The molecule has 2 rings (SSSR count). The molecule has 0 atom stereocenters. The molecule has 114 valence electrons. The van der Waals surface area contributed by atoms with Gasteiger partial charge in [0.2, 0.25) is 0 Å². The van der Waals surface area contributed by atoms with Gasteiger partial charge in [-0.05, 0) is 18.2 Å². The van der Waals surface area contributed by atoms with Gasteiger partial charge in [0.25, 0.3) is 5.91 Å². The number of amides is 2. The van der Waals surface area contributed by atoms with Crippen molar-refractivity contribution >= 4 is 27.7 Å². The van der Waals surface area contributed by atoms with Crippen molar-refractivity contribution in [1.82, 2.24) is 9.80 Å². The third kappa shape index (κ3) is 3.75. The molecule has 0 aliphatic carbocycles. The highest BCUT2D eigenvalue weighted by Crippen LogP contribution is 2.20. The second-order valence-corrected chi connectivity index (χ2v) is 5.51. The quantitative estimate of drug-likeness (QED) is 0.767. The van der Waals surface area contributed by atoms with Crippen LogP contribution in [-0.2, 0) is 4.79 Å². The number of halogens is 4. The van der Waals surface area contributed by atoms with E-state index in [1.54, 1.807) is 24.3 Å². The van der Waals surface area contributed by atoms with Gasteiger partial charge >= 0.3 is 12.1 Å². The van der Waals surface area contributed by atoms with Crippen LogP contribution in [0.4, 0.5) is 13.2 Å². The third-order valence-corrected chi connectivity index (χ3v) is 3.66. The van der Waals surface area contributed by atoms with Crippen LogP contribution in [0.5, 0.6) is 0 Å². The van der Waals surface area contributed by atoms with Crippen LogP contribution in [0, 0.1) is 0 Å². The van der Waals surface area contributed by atoms with Gasteiger partial charge in [0, 0.05) is 36.2 Å². The molecule has 1 fully saturated rings. The van der Waals surface area contributed by atoms with Gasteiger partial charge < -0.3 is 9.80 Å². The molecule has 1 saturated heterocycles. The summed E-state index contributed by atoms with van der Waals surface area (Å²) in [5.74, 6) is -2.10. The lowest BCUT2D eigenvalue weighted by Gasteiger charge is -2.35. The molecule has 0 spiro atoms. The van der Waals surface area contributed by atoms with E-state index in [1.165, 1.54) is 4.90 Å². The highest BCUT2D eigenvalue weighted by atomic mass is 79.9. The average molecular weight is 365 g/mol. The van der Waals surface area contributed by atoms with Gasteiger partial charge in [-0.2, -0.15) is 13.2 Å². The monoisotopic (exact) mass is 364 g/mol. The fourth-order valence-corrected chi connectivity index (χ4v) is 2.50. The van der Waals surface area contributed by atoms with Crippen LogP contribution < -0.4 is 0 Å². The molecule has 0 radical (unpaired) electrons. The first-order chi connectivity index (χ1) is 9.79. The number of nitrogens with zero attached hydrogens (tertiary/aromatic N) is 2. The molecule has 1 aromatic rings. The molecule has 4 nitrogen and oxygen atoms in total. The Morgan fingerprint density at radius 2 is 1.62 bits per heavy atom. The molecule has 1 aliphatic rings. The average Bonchev–Trinajstić information content (AvgIpc) is 2.45. The Bertz CT molecular complexity index is 555. The van der Waals surface area contributed by atoms with Gasteiger partial charge in [0.05, 0.1) is 0 Å². The highest BCUT2D eigenvalue weighted by molar-refractivity contribution is 9.10. The summed E-state index contributed by atoms with van der Waals surface area (Å²) in [5.41, 5.74) is 0.458. The summed E-state index contributed by atoms with van der Waals surface area (Å²) in [7, 11) is 0. The molecule has 0 N–H and O–H groups in total. The zero-order valence-corrected chi connectivity index (χ0v) is 12.4. The summed E-state index contributed by atoms with van der Waals surface area (Å²) in [5, 5.41) is 0. The van der Waals surface area contributed by atoms with E-state index in [9.17, 15) is 22.8 Å². The van der Waals surface area contributed by atoms with Crippen LogP contribution in [0.3, 0.4) is 0 Å². The van der Waals surface area contributed by atoms with Crippen molar-refractivity contribution in [1.29, 1.82) is 0 Å². The van der Waals surface area contributed by atoms with Crippen molar-refractivity contribution in [3.63, 3.8) is 0 Å². The first-order valence-electron chi connectivity index (χ1n) is 6.20. The molecule has 1 aliphatic heterocycles. The maximum atomic E-state index is 12.3. The van der Waals surface area contributed by atoms with Crippen LogP contribution in [0.25, 0.3) is 0 Å². The number of carbonyl (C=O) groups excluding carboxylic acids is 2. The molecule has 0 unspecified atom stereocenters. The van der Waals surface area contributed by atoms with Gasteiger partial charge in [-0.1, -0.05) is 22.0 Å². The normalized spacial score (nSPS) is 16.0. The van der Waals surface area contributed by atoms with Crippen molar-refractivity contribution < 1.29 is 22.8 Å². The van der Waals surface area contributed by atoms with Gasteiger partial charge in [-0.3, -0.25) is 9.59 Å². The van der Waals surface area contributed by atoms with Crippen LogP contribution in [0.15, 0.2) is 28.7 Å². The number of benzene rings is 1. The second-order valence-electron chi connectivity index (χ2n) is 4.59. The first-order valence-corrected chi connectivity index (χ1v) is 6.99. The minimum Gasteiger partial charge on any atom is -0.335 e. The summed E-state index contributed by atoms with van der Waals surface area (Å²) < 4.78 is 37.7. The van der Waals surface area contributed by atoms with Crippen LogP contribution in [-0.4, -0.2) is 54.0 Å². The minimum absolute atomic E-state index is 0.0904. The Balaban J connectivity index is 1.98. The van der Waals surface area contributed by atoms with Crippen molar-refractivity contribution in [2.45, 2.75) is 6.18 Å². The van der Waals surface area contributed by atoms with E-state index in [0.29, 0.717) is 5.56 Å². The summed E-state index contributed by atoms with van der Waals surface area (Å²) in [6.45, 7) is -0.0451. The van der Waals surface area contributed by atoms with Gasteiger partial charge in [0.15, 0.2) is 0 Å². The maximum absolute atomic E-state index is 12.3. The largest absolute Gasteiger partial charge is 0.471 e. The molecule has 21 heavy (non-hydrogen) atoms. The lowest BCUT2D eigenvalue weighted by Crippen LogP contribution is -2.53. The molecule has 2 amide bonds. The summed E-state index contributed by atoms with van der Waals surface area (Å²) in [6, 6.07) is 6.77. The SMILES string of the molecule is O=C(c1cccc(Br)c1)N1CCN(C(=O)C(F)(F)F)CC1. The molecule has 8 heteroatoms. The fraction of sp³-hybridized carbons (Fsp3) is 0.385. The van der Waals surface area contributed by atoms with E-state index in [0.717, 1.165) is 9.37 Å². The highest BCUT2D eigenvalue weighted by Gasteiger charge is 2.43. The zero-order valence-electron chi connectivity index (χ0n) is 10.9. The van der Waals surface area contributed by atoms with E-state index in [1.807, 2.05) is 0 Å². The second kappa shape index (κ2) is 6.05. The Morgan fingerprint density at radius 3 is 2.14 bits per heavy atom. The minimum atomic E-state index is -4.86. The molecule has 0 aromatic heterocycles. The molecule has 1 aromatic carbocycles. The van der Waals surface area contributed by atoms with E-state index in [2.05, 4.69) is 15.9 Å². The molecule has 0 saturated carbocycles. The van der Waals surface area contributed by atoms with E-state index in [4.69, 9.17) is 0 Å². The molecule has 1 heterocycles. The summed E-state index contributed by atoms with van der Waals surface area (Å²) in [4.78, 5) is 25.5. The first kappa shape index (κ1) is 15.8. The van der Waals surface area contributed by atoms with E-state index < -0.39 is 12.1 Å². The number of alkyl halides is 3. The van der Waals surface area contributed by atoms with Crippen molar-refractivity contribution in [2.75, 3.05) is 26.2 Å². The van der Waals surface area contributed by atoms with Crippen molar-refractivity contribution in [3.8, 4) is 0 Å². The van der Waals surface area contributed by atoms with Crippen LogP contribution in [0.2, 0.25) is 0 Å². The van der Waals surface area contributed by atoms with Crippen LogP contribution in [0.1, 0.15) is 10.4 Å². The Hall–Kier alpha value is -1.57. The van der Waals surface area contributed by atoms with E-state index in [-0.39, 0.29) is 32.1 Å². The Labute approximate surface area is 127 Å². The molecule has 0 bridgehead atoms. The summed E-state index contributed by atoms with van der Waals surface area (Å²) >= 11 is 3.26. The summed E-state index contributed by atoms with van der Waals surface area (Å²) in [6.07, 6.45) is -4.86. The van der Waals surface area contributed by atoms with Gasteiger partial charge in [-0.15, -0.1) is 0 Å². The maximum Gasteiger partial charge on any atom is 0.471 e. The predicted molar refractivity (Wildman–Crippen MR) is 72.7 cm³/mol. The third-order valence-electron chi connectivity index (χ3n) is 3.17. The lowest BCUT2D eigenvalue weighted by molar-refractivity contribution is -0.186. The Morgan fingerprint density at radius 1 is 1.05 bits per heavy atom. The standard InChI is InChI=1S/C13H12BrF3N2O2/c14-10-3-1-2-9(8-10)11(20)18-4-6-19(7-5-18)12(21)13(15,16)17/h1-3,8H,4-7H2. The van der Waals surface area contributed by atoms with E-state index >= 15 is 0 Å². The van der Waals surface area contributed by atoms with Crippen molar-refractivity contribution in [2.24, 2.45) is 0 Å². The number of hydrogen-bond acceptors (Lipinski definition) is 2. The van der Waals surface area contributed by atoms with Crippen LogP contribution >= 0.6 is 15.9 Å².